The number of ether oxygens (including phenoxy) is 1. The number of hydrogen-bond donors (Lipinski definition) is 2. The average Bonchev–Trinajstić information content (AvgIpc) is 3.02. The van der Waals surface area contributed by atoms with Crippen LogP contribution < -0.4 is 15.5 Å². The fourth-order valence-electron chi connectivity index (χ4n) is 4.28. The summed E-state index contributed by atoms with van der Waals surface area (Å²) >= 11 is 0. The molecule has 2 aliphatic heterocycles. The molecule has 3 atom stereocenters. The van der Waals surface area contributed by atoms with Crippen LogP contribution in [-0.4, -0.2) is 59.6 Å². The van der Waals surface area contributed by atoms with Crippen molar-refractivity contribution in [3.8, 4) is 0 Å². The Morgan fingerprint density at radius 2 is 1.85 bits per heavy atom. The Morgan fingerprint density at radius 1 is 1.15 bits per heavy atom. The number of carbonyl (C=O) groups is 3. The van der Waals surface area contributed by atoms with Gasteiger partial charge in [0.2, 0.25) is 5.91 Å². The van der Waals surface area contributed by atoms with E-state index in [0.717, 1.165) is 29.4 Å². The number of imide groups is 1. The van der Waals surface area contributed by atoms with E-state index in [1.165, 1.54) is 0 Å². The number of aromatic nitrogens is 1. The number of hydrogen-bond acceptors (Lipinski definition) is 6. The van der Waals surface area contributed by atoms with Crippen molar-refractivity contribution < 1.29 is 19.1 Å². The first-order valence-corrected chi connectivity index (χ1v) is 11.1. The summed E-state index contributed by atoms with van der Waals surface area (Å²) in [6.07, 6.45) is 2.01. The Hall–Kier alpha value is -3.46. The summed E-state index contributed by atoms with van der Waals surface area (Å²) in [7, 11) is 0. The van der Waals surface area contributed by atoms with Crippen LogP contribution in [0.25, 0.3) is 0 Å². The van der Waals surface area contributed by atoms with Crippen molar-refractivity contribution in [1.29, 1.82) is 0 Å². The first-order chi connectivity index (χ1) is 15.8. The van der Waals surface area contributed by atoms with Crippen molar-refractivity contribution in [2.75, 3.05) is 24.5 Å². The largest absolute Gasteiger partial charge is 0.372 e. The van der Waals surface area contributed by atoms with Gasteiger partial charge in [-0.1, -0.05) is 36.4 Å². The van der Waals surface area contributed by atoms with E-state index in [4.69, 9.17) is 4.74 Å². The van der Waals surface area contributed by atoms with Crippen LogP contribution in [-0.2, 0) is 26.4 Å². The molecule has 3 unspecified atom stereocenters. The molecule has 9 heteroatoms. The van der Waals surface area contributed by atoms with Crippen LogP contribution in [0.2, 0.25) is 0 Å². The van der Waals surface area contributed by atoms with Gasteiger partial charge in [-0.25, -0.2) is 9.78 Å². The third-order valence-corrected chi connectivity index (χ3v) is 5.97. The summed E-state index contributed by atoms with van der Waals surface area (Å²) in [5.41, 5.74) is 0.307. The van der Waals surface area contributed by atoms with Gasteiger partial charge in [0.15, 0.2) is 0 Å². The number of nitrogens with zero attached hydrogens (tertiary/aromatic N) is 3. The topological polar surface area (TPSA) is 104 Å². The molecule has 0 saturated carbocycles. The van der Waals surface area contributed by atoms with Crippen LogP contribution >= 0.6 is 0 Å². The highest BCUT2D eigenvalue weighted by Gasteiger charge is 2.49. The maximum atomic E-state index is 12.9. The van der Waals surface area contributed by atoms with E-state index in [0.29, 0.717) is 5.56 Å². The minimum atomic E-state index is -1.19. The zero-order valence-electron chi connectivity index (χ0n) is 19.1. The van der Waals surface area contributed by atoms with E-state index < -0.39 is 23.4 Å². The van der Waals surface area contributed by atoms with Gasteiger partial charge in [0, 0.05) is 25.8 Å². The number of morpholine rings is 1. The Labute approximate surface area is 193 Å². The summed E-state index contributed by atoms with van der Waals surface area (Å²) in [6.45, 7) is 7.19. The highest BCUT2D eigenvalue weighted by atomic mass is 16.5. The van der Waals surface area contributed by atoms with Gasteiger partial charge in [0.25, 0.3) is 5.91 Å². The lowest BCUT2D eigenvalue weighted by Crippen LogP contribution is -2.45. The monoisotopic (exact) mass is 451 g/mol. The molecule has 9 nitrogen and oxygen atoms in total. The molecule has 1 aromatic heterocycles. The number of carbonyl (C=O) groups excluding carboxylic acids is 3. The summed E-state index contributed by atoms with van der Waals surface area (Å²) in [4.78, 5) is 45.5. The maximum absolute atomic E-state index is 12.9. The number of nitrogens with one attached hydrogen (secondary N) is 2. The summed E-state index contributed by atoms with van der Waals surface area (Å²) in [5, 5.41) is 5.46. The molecule has 33 heavy (non-hydrogen) atoms. The lowest BCUT2D eigenvalue weighted by atomic mass is 9.92. The van der Waals surface area contributed by atoms with Crippen molar-refractivity contribution in [1.82, 2.24) is 20.5 Å². The van der Waals surface area contributed by atoms with E-state index in [-0.39, 0.29) is 25.3 Å². The van der Waals surface area contributed by atoms with E-state index in [2.05, 4.69) is 20.5 Å². The normalized spacial score (nSPS) is 25.2. The quantitative estimate of drug-likeness (QED) is 0.649. The summed E-state index contributed by atoms with van der Waals surface area (Å²) in [5.74, 6) is -0.00355. The average molecular weight is 452 g/mol. The summed E-state index contributed by atoms with van der Waals surface area (Å²) in [6, 6.07) is 12.2. The Morgan fingerprint density at radius 3 is 2.48 bits per heavy atom. The van der Waals surface area contributed by atoms with Gasteiger partial charge in [-0.05, 0) is 38.0 Å². The number of rotatable bonds is 6. The van der Waals surface area contributed by atoms with Crippen LogP contribution in [0.3, 0.4) is 0 Å². The second-order valence-electron chi connectivity index (χ2n) is 8.78. The van der Waals surface area contributed by atoms with Crippen LogP contribution in [0.15, 0.2) is 48.7 Å². The van der Waals surface area contributed by atoms with Crippen molar-refractivity contribution >= 4 is 23.7 Å². The lowest BCUT2D eigenvalue weighted by molar-refractivity contribution is -0.134. The molecule has 174 valence electrons. The molecule has 4 rings (SSSR count). The minimum absolute atomic E-state index is 0.142. The van der Waals surface area contributed by atoms with Crippen LogP contribution in [0.4, 0.5) is 10.6 Å². The first-order valence-electron chi connectivity index (χ1n) is 11.1. The molecule has 0 radical (unpaired) electrons. The van der Waals surface area contributed by atoms with Gasteiger partial charge in [-0.15, -0.1) is 0 Å². The maximum Gasteiger partial charge on any atom is 0.325 e. The van der Waals surface area contributed by atoms with E-state index in [1.54, 1.807) is 37.4 Å². The molecule has 2 saturated heterocycles. The fourth-order valence-corrected chi connectivity index (χ4v) is 4.28. The number of anilines is 1. The van der Waals surface area contributed by atoms with Gasteiger partial charge in [0.05, 0.1) is 12.2 Å². The molecule has 2 aromatic rings. The van der Waals surface area contributed by atoms with Crippen LogP contribution in [0.5, 0.6) is 0 Å². The fraction of sp³-hybridized carbons (Fsp3) is 0.417. The van der Waals surface area contributed by atoms with Crippen LogP contribution in [0, 0.1) is 0 Å². The highest BCUT2D eigenvalue weighted by Crippen LogP contribution is 2.28. The van der Waals surface area contributed by atoms with Gasteiger partial charge in [0.1, 0.15) is 17.9 Å². The second kappa shape index (κ2) is 9.19. The smallest absolute Gasteiger partial charge is 0.325 e. The van der Waals surface area contributed by atoms with E-state index in [9.17, 15) is 14.4 Å². The predicted molar refractivity (Wildman–Crippen MR) is 122 cm³/mol. The molecule has 2 aliphatic rings. The SMILES string of the molecule is CC1CN(c2ccc(CNC(=O)CN3C(=O)NC(C)(c4ccccc4)C3=O)cn2)CC(C)O1. The zero-order chi connectivity index (χ0) is 23.6. The Bertz CT molecular complexity index is 1020. The lowest BCUT2D eigenvalue weighted by Gasteiger charge is -2.36. The highest BCUT2D eigenvalue weighted by molar-refractivity contribution is 6.09. The van der Waals surface area contributed by atoms with Gasteiger partial charge in [-0.3, -0.25) is 14.5 Å². The molecule has 1 aromatic carbocycles. The molecule has 0 spiro atoms. The van der Waals surface area contributed by atoms with Crippen LogP contribution in [0.1, 0.15) is 31.9 Å². The second-order valence-corrected chi connectivity index (χ2v) is 8.78. The molecule has 3 heterocycles. The van der Waals surface area contributed by atoms with Crippen molar-refractivity contribution in [3.05, 3.63) is 59.8 Å². The predicted octanol–water partition coefficient (Wildman–Crippen LogP) is 1.78. The molecule has 2 fully saturated rings. The van der Waals surface area contributed by atoms with Gasteiger partial charge < -0.3 is 20.3 Å². The molecule has 2 N–H and O–H groups in total. The number of benzene rings is 1. The molecule has 0 bridgehead atoms. The van der Waals surface area contributed by atoms with Crippen molar-refractivity contribution in [2.45, 2.75) is 45.1 Å². The third-order valence-electron chi connectivity index (χ3n) is 5.97. The minimum Gasteiger partial charge on any atom is -0.372 e. The first kappa shape index (κ1) is 22.7. The van der Waals surface area contributed by atoms with Gasteiger partial charge in [-0.2, -0.15) is 0 Å². The molecule has 4 amide bonds. The Balaban J connectivity index is 1.32. The summed E-state index contributed by atoms with van der Waals surface area (Å²) < 4.78 is 5.76. The van der Waals surface area contributed by atoms with Gasteiger partial charge >= 0.3 is 6.03 Å². The number of amides is 4. The van der Waals surface area contributed by atoms with E-state index >= 15 is 0 Å². The van der Waals surface area contributed by atoms with Crippen molar-refractivity contribution in [2.24, 2.45) is 0 Å². The number of urea groups is 1. The number of pyridine rings is 1. The molecular weight excluding hydrogens is 422 g/mol. The molecule has 0 aliphatic carbocycles. The van der Waals surface area contributed by atoms with Crippen molar-refractivity contribution in [3.63, 3.8) is 0 Å². The Kier molecular flexibility index (Phi) is 6.33. The van der Waals surface area contributed by atoms with E-state index in [1.807, 2.05) is 32.0 Å². The third kappa shape index (κ3) is 4.83. The zero-order valence-corrected chi connectivity index (χ0v) is 19.1. The molecular formula is C24H29N5O4. The standard InChI is InChI=1S/C24H29N5O4/c1-16-13-28(14-17(2)33-16)20-10-9-18(11-25-20)12-26-21(30)15-29-22(31)24(3,27-23(29)32)19-7-5-4-6-8-19/h4-11,16-17H,12-15H2,1-3H3,(H,26,30)(H,27,32).